The molecule has 1 aromatic heterocycles. The highest BCUT2D eigenvalue weighted by atomic mass is 127. The number of nitrogens with one attached hydrogen (secondary N) is 2. The van der Waals surface area contributed by atoms with Gasteiger partial charge in [-0.3, -0.25) is 0 Å². The van der Waals surface area contributed by atoms with Crippen LogP contribution in [0.1, 0.15) is 10.4 Å². The molecule has 0 fully saturated rings. The molecule has 6 nitrogen and oxygen atoms in total. The van der Waals surface area contributed by atoms with Gasteiger partial charge < -0.3 is 10.2 Å². The first-order valence-corrected chi connectivity index (χ1v) is 10.2. The molecule has 0 bridgehead atoms. The molecule has 144 valence electrons. The summed E-state index contributed by atoms with van der Waals surface area (Å²) >= 11 is 1.27. The summed E-state index contributed by atoms with van der Waals surface area (Å²) in [6.45, 7) is 3.20. The summed E-state index contributed by atoms with van der Waals surface area (Å²) in [5.74, 6) is 0.718. The molecule has 0 aliphatic heterocycles. The molecule has 9 heteroatoms. The van der Waals surface area contributed by atoms with E-state index >= 15 is 0 Å². The van der Waals surface area contributed by atoms with Gasteiger partial charge in [0.2, 0.25) is 10.0 Å². The molecule has 2 aromatic rings. The van der Waals surface area contributed by atoms with E-state index in [-0.39, 0.29) is 30.5 Å². The summed E-state index contributed by atoms with van der Waals surface area (Å²) in [6, 6.07) is 13.4. The first kappa shape index (κ1) is 22.9. The normalized spacial score (nSPS) is 11.7. The minimum absolute atomic E-state index is 0. The SMILES string of the molecule is Cc1ccc(S(=O)(=O)NCCNC(=NCc2ccccc2)N(C)C)s1.I. The van der Waals surface area contributed by atoms with Crippen molar-refractivity contribution in [1.29, 1.82) is 0 Å². The lowest BCUT2D eigenvalue weighted by molar-refractivity contribution is 0.568. The van der Waals surface area contributed by atoms with E-state index in [1.165, 1.54) is 11.3 Å². The Kier molecular flexibility index (Phi) is 9.55. The van der Waals surface area contributed by atoms with Crippen molar-refractivity contribution in [3.05, 3.63) is 52.9 Å². The Morgan fingerprint density at radius 2 is 1.81 bits per heavy atom. The topological polar surface area (TPSA) is 73.8 Å². The first-order valence-electron chi connectivity index (χ1n) is 7.94. The Bertz CT molecular complexity index is 805. The minimum atomic E-state index is -3.44. The predicted molar refractivity (Wildman–Crippen MR) is 119 cm³/mol. The molecule has 0 atom stereocenters. The zero-order valence-electron chi connectivity index (χ0n) is 15.1. The Hall–Kier alpha value is -1.17. The van der Waals surface area contributed by atoms with Crippen LogP contribution in [0.4, 0.5) is 0 Å². The van der Waals surface area contributed by atoms with Gasteiger partial charge in [-0.25, -0.2) is 18.1 Å². The predicted octanol–water partition coefficient (Wildman–Crippen LogP) is 2.66. The van der Waals surface area contributed by atoms with E-state index in [4.69, 9.17) is 0 Å². The van der Waals surface area contributed by atoms with Crippen LogP contribution in [0.3, 0.4) is 0 Å². The second-order valence-electron chi connectivity index (χ2n) is 5.71. The second kappa shape index (κ2) is 10.9. The average Bonchev–Trinajstić information content (AvgIpc) is 3.02. The first-order chi connectivity index (χ1) is 11.9. The Labute approximate surface area is 176 Å². The summed E-state index contributed by atoms with van der Waals surface area (Å²) < 4.78 is 27.3. The van der Waals surface area contributed by atoms with Crippen LogP contribution >= 0.6 is 35.3 Å². The van der Waals surface area contributed by atoms with Gasteiger partial charge in [-0.05, 0) is 24.6 Å². The smallest absolute Gasteiger partial charge is 0.250 e. The fourth-order valence-electron chi connectivity index (χ4n) is 2.09. The lowest BCUT2D eigenvalue weighted by Gasteiger charge is -2.17. The van der Waals surface area contributed by atoms with Crippen molar-refractivity contribution in [2.75, 3.05) is 27.2 Å². The average molecular weight is 508 g/mol. The molecule has 2 N–H and O–H groups in total. The number of hydrogen-bond donors (Lipinski definition) is 2. The van der Waals surface area contributed by atoms with Gasteiger partial charge in [0.1, 0.15) is 4.21 Å². The molecular weight excluding hydrogens is 483 g/mol. The molecule has 0 aliphatic rings. The van der Waals surface area contributed by atoms with Gasteiger partial charge in [0.25, 0.3) is 0 Å². The summed E-state index contributed by atoms with van der Waals surface area (Å²) in [5.41, 5.74) is 1.12. The van der Waals surface area contributed by atoms with Crippen molar-refractivity contribution in [3.8, 4) is 0 Å². The number of aryl methyl sites for hydroxylation is 1. The van der Waals surface area contributed by atoms with Gasteiger partial charge >= 0.3 is 0 Å². The highest BCUT2D eigenvalue weighted by Crippen LogP contribution is 2.19. The summed E-state index contributed by atoms with van der Waals surface area (Å²) in [5, 5.41) is 3.17. The van der Waals surface area contributed by atoms with Crippen LogP contribution in [0.2, 0.25) is 0 Å². The number of aliphatic imine (C=N–C) groups is 1. The van der Waals surface area contributed by atoms with Gasteiger partial charge in [-0.2, -0.15) is 0 Å². The number of rotatable bonds is 7. The highest BCUT2D eigenvalue weighted by molar-refractivity contribution is 14.0. The largest absolute Gasteiger partial charge is 0.355 e. The molecular formula is C17H25IN4O2S2. The molecule has 0 saturated heterocycles. The van der Waals surface area contributed by atoms with Gasteiger partial charge in [0, 0.05) is 32.1 Å². The van der Waals surface area contributed by atoms with Gasteiger partial charge in [-0.1, -0.05) is 30.3 Å². The van der Waals surface area contributed by atoms with Crippen molar-refractivity contribution >= 4 is 51.3 Å². The molecule has 0 radical (unpaired) electrons. The number of sulfonamides is 1. The summed E-state index contributed by atoms with van der Waals surface area (Å²) in [4.78, 5) is 7.39. The zero-order valence-corrected chi connectivity index (χ0v) is 19.1. The number of benzene rings is 1. The molecule has 0 saturated carbocycles. The van der Waals surface area contributed by atoms with Crippen LogP contribution in [0.15, 0.2) is 51.7 Å². The molecule has 0 spiro atoms. The van der Waals surface area contributed by atoms with E-state index in [1.807, 2.05) is 56.3 Å². The molecule has 0 unspecified atom stereocenters. The Balaban J connectivity index is 0.00000338. The third kappa shape index (κ3) is 7.22. The maximum absolute atomic E-state index is 12.2. The molecule has 2 rings (SSSR count). The standard InChI is InChI=1S/C17H24N4O2S2.HI/c1-14-9-10-16(24-14)25(22,23)20-12-11-18-17(21(2)3)19-13-15-7-5-4-6-8-15;/h4-10,20H,11-13H2,1-3H3,(H,18,19);1H. The zero-order chi connectivity index (χ0) is 18.3. The quantitative estimate of drug-likeness (QED) is 0.261. The van der Waals surface area contributed by atoms with E-state index in [0.717, 1.165) is 16.4 Å². The molecule has 0 aliphatic carbocycles. The van der Waals surface area contributed by atoms with E-state index in [2.05, 4.69) is 15.0 Å². The van der Waals surface area contributed by atoms with Crippen molar-refractivity contribution in [3.63, 3.8) is 0 Å². The molecule has 0 amide bonds. The van der Waals surface area contributed by atoms with Gasteiger partial charge in [-0.15, -0.1) is 35.3 Å². The summed E-state index contributed by atoms with van der Waals surface area (Å²) in [6.07, 6.45) is 0. The lowest BCUT2D eigenvalue weighted by Crippen LogP contribution is -2.40. The molecule has 26 heavy (non-hydrogen) atoms. The number of thiophene rings is 1. The van der Waals surface area contributed by atoms with Crippen molar-refractivity contribution < 1.29 is 8.42 Å². The van der Waals surface area contributed by atoms with Crippen LogP contribution in [0.25, 0.3) is 0 Å². The van der Waals surface area contributed by atoms with Crippen molar-refractivity contribution in [2.45, 2.75) is 17.7 Å². The van der Waals surface area contributed by atoms with Crippen molar-refractivity contribution in [2.24, 2.45) is 4.99 Å². The van der Waals surface area contributed by atoms with Crippen molar-refractivity contribution in [1.82, 2.24) is 14.9 Å². The van der Waals surface area contributed by atoms with E-state index in [1.54, 1.807) is 12.1 Å². The summed E-state index contributed by atoms with van der Waals surface area (Å²) in [7, 11) is 0.359. The van der Waals surface area contributed by atoms with Crippen LogP contribution in [0, 0.1) is 6.92 Å². The number of hydrogen-bond acceptors (Lipinski definition) is 4. The molecule has 1 aromatic carbocycles. The minimum Gasteiger partial charge on any atom is -0.355 e. The fourth-order valence-corrected chi connectivity index (χ4v) is 4.45. The Morgan fingerprint density at radius 1 is 1.12 bits per heavy atom. The number of nitrogens with zero attached hydrogens (tertiary/aromatic N) is 2. The third-order valence-corrected chi connectivity index (χ3v) is 6.31. The Morgan fingerprint density at radius 3 is 2.38 bits per heavy atom. The maximum atomic E-state index is 12.2. The number of guanidine groups is 1. The fraction of sp³-hybridized carbons (Fsp3) is 0.353. The second-order valence-corrected chi connectivity index (χ2v) is 8.99. The highest BCUT2D eigenvalue weighted by Gasteiger charge is 2.15. The van der Waals surface area contributed by atoms with Crippen LogP contribution in [0.5, 0.6) is 0 Å². The van der Waals surface area contributed by atoms with E-state index in [0.29, 0.717) is 17.3 Å². The van der Waals surface area contributed by atoms with Crippen LogP contribution in [-0.2, 0) is 16.6 Å². The monoisotopic (exact) mass is 508 g/mol. The third-order valence-electron chi connectivity index (χ3n) is 3.36. The van der Waals surface area contributed by atoms with Crippen LogP contribution < -0.4 is 10.0 Å². The molecule has 1 heterocycles. The number of halogens is 1. The van der Waals surface area contributed by atoms with E-state index in [9.17, 15) is 8.42 Å². The van der Waals surface area contributed by atoms with Gasteiger partial charge in [0.15, 0.2) is 5.96 Å². The van der Waals surface area contributed by atoms with E-state index < -0.39 is 10.0 Å². The maximum Gasteiger partial charge on any atom is 0.250 e. The van der Waals surface area contributed by atoms with Crippen LogP contribution in [-0.4, -0.2) is 46.5 Å². The lowest BCUT2D eigenvalue weighted by atomic mass is 10.2. The van der Waals surface area contributed by atoms with Gasteiger partial charge in [0.05, 0.1) is 6.54 Å².